The van der Waals surface area contributed by atoms with Gasteiger partial charge in [-0.1, -0.05) is 31.1 Å². The van der Waals surface area contributed by atoms with Crippen LogP contribution in [-0.2, 0) is 12.6 Å². The van der Waals surface area contributed by atoms with Gasteiger partial charge in [-0.05, 0) is 68.1 Å². The summed E-state index contributed by atoms with van der Waals surface area (Å²) in [5.74, 6) is 1.33. The van der Waals surface area contributed by atoms with Gasteiger partial charge in [0.05, 0.1) is 11.6 Å². The number of benzene rings is 1. The van der Waals surface area contributed by atoms with Crippen LogP contribution in [0.5, 0.6) is 0 Å². The van der Waals surface area contributed by atoms with Gasteiger partial charge >= 0.3 is 6.18 Å². The molecular formula is C20H24F3N. The third kappa shape index (κ3) is 6.03. The van der Waals surface area contributed by atoms with Crippen molar-refractivity contribution in [1.29, 1.82) is 5.26 Å². The van der Waals surface area contributed by atoms with E-state index in [2.05, 4.69) is 6.07 Å². The minimum atomic E-state index is -4.25. The molecule has 0 N–H and O–H groups in total. The second-order valence-corrected chi connectivity index (χ2v) is 6.71. The van der Waals surface area contributed by atoms with E-state index in [1.54, 1.807) is 18.2 Å². The Bertz CT molecular complexity index is 558. The van der Waals surface area contributed by atoms with Crippen LogP contribution in [0.15, 0.2) is 36.4 Å². The summed E-state index contributed by atoms with van der Waals surface area (Å²) in [7, 11) is 0. The molecule has 1 aliphatic rings. The molecule has 0 bridgehead atoms. The molecular weight excluding hydrogens is 311 g/mol. The van der Waals surface area contributed by atoms with Gasteiger partial charge in [0.1, 0.15) is 0 Å². The molecule has 0 atom stereocenters. The standard InChI is InChI=1S/C20H24F3N/c21-20(22,23)19-13-11-17(12-14-19)5-2-1-4-16-7-9-18(10-8-16)6-3-15-24/h3,6,11-14,16,18H,1-2,4-5,7-10H2/b6-3+/t16-,18-. The van der Waals surface area contributed by atoms with E-state index in [1.165, 1.54) is 44.2 Å². The van der Waals surface area contributed by atoms with Gasteiger partial charge in [-0.15, -0.1) is 0 Å². The summed E-state index contributed by atoms with van der Waals surface area (Å²) < 4.78 is 37.5. The van der Waals surface area contributed by atoms with Gasteiger partial charge in [0.15, 0.2) is 0 Å². The van der Waals surface area contributed by atoms with Crippen LogP contribution in [0.25, 0.3) is 0 Å². The summed E-state index contributed by atoms with van der Waals surface area (Å²) >= 11 is 0. The number of aryl methyl sites for hydroxylation is 1. The first-order chi connectivity index (χ1) is 11.5. The number of allylic oxidation sites excluding steroid dienone is 2. The Morgan fingerprint density at radius 2 is 1.71 bits per heavy atom. The summed E-state index contributed by atoms with van der Waals surface area (Å²) in [4.78, 5) is 0. The van der Waals surface area contributed by atoms with Crippen molar-refractivity contribution in [2.75, 3.05) is 0 Å². The van der Waals surface area contributed by atoms with Crippen molar-refractivity contribution in [3.8, 4) is 6.07 Å². The second kappa shape index (κ2) is 8.92. The molecule has 4 heteroatoms. The van der Waals surface area contributed by atoms with E-state index >= 15 is 0 Å². The van der Waals surface area contributed by atoms with Crippen molar-refractivity contribution in [3.05, 3.63) is 47.5 Å². The smallest absolute Gasteiger partial charge is 0.193 e. The fraction of sp³-hybridized carbons (Fsp3) is 0.550. The Hall–Kier alpha value is -1.76. The number of alkyl halides is 3. The van der Waals surface area contributed by atoms with E-state index in [4.69, 9.17) is 5.26 Å². The molecule has 1 saturated carbocycles. The Labute approximate surface area is 142 Å². The van der Waals surface area contributed by atoms with Gasteiger partial charge in [0.25, 0.3) is 0 Å². The van der Waals surface area contributed by atoms with Crippen LogP contribution in [0.2, 0.25) is 0 Å². The molecule has 0 heterocycles. The maximum atomic E-state index is 12.5. The second-order valence-electron chi connectivity index (χ2n) is 6.71. The predicted molar refractivity (Wildman–Crippen MR) is 89.2 cm³/mol. The van der Waals surface area contributed by atoms with Crippen molar-refractivity contribution in [2.24, 2.45) is 11.8 Å². The van der Waals surface area contributed by atoms with E-state index in [0.717, 1.165) is 30.7 Å². The van der Waals surface area contributed by atoms with Crippen LogP contribution < -0.4 is 0 Å². The lowest BCUT2D eigenvalue weighted by atomic mass is 9.79. The lowest BCUT2D eigenvalue weighted by molar-refractivity contribution is -0.137. The minimum Gasteiger partial charge on any atom is -0.193 e. The molecule has 1 aliphatic carbocycles. The van der Waals surface area contributed by atoms with Crippen molar-refractivity contribution in [1.82, 2.24) is 0 Å². The average molecular weight is 335 g/mol. The van der Waals surface area contributed by atoms with Crippen molar-refractivity contribution < 1.29 is 13.2 Å². The van der Waals surface area contributed by atoms with Crippen molar-refractivity contribution in [3.63, 3.8) is 0 Å². The van der Waals surface area contributed by atoms with E-state index in [0.29, 0.717) is 5.92 Å². The van der Waals surface area contributed by atoms with Crippen molar-refractivity contribution >= 4 is 0 Å². The molecule has 0 spiro atoms. The van der Waals surface area contributed by atoms with Gasteiger partial charge in [-0.25, -0.2) is 0 Å². The zero-order valence-corrected chi connectivity index (χ0v) is 13.9. The SMILES string of the molecule is N#C/C=C/[C@H]1CC[C@H](CCCCc2ccc(C(F)(F)F)cc2)CC1. The fourth-order valence-corrected chi connectivity index (χ4v) is 3.47. The molecule has 0 unspecified atom stereocenters. The predicted octanol–water partition coefficient (Wildman–Crippen LogP) is 6.30. The number of rotatable bonds is 6. The number of nitriles is 1. The molecule has 1 aromatic carbocycles. The van der Waals surface area contributed by atoms with Crippen LogP contribution in [-0.4, -0.2) is 0 Å². The summed E-state index contributed by atoms with van der Waals surface area (Å²) in [6.45, 7) is 0. The zero-order chi connectivity index (χ0) is 17.4. The number of hydrogen-bond acceptors (Lipinski definition) is 1. The van der Waals surface area contributed by atoms with Gasteiger partial charge < -0.3 is 0 Å². The highest BCUT2D eigenvalue weighted by Crippen LogP contribution is 2.33. The molecule has 0 aliphatic heterocycles. The lowest BCUT2D eigenvalue weighted by Gasteiger charge is -2.26. The summed E-state index contributed by atoms with van der Waals surface area (Å²) in [6, 6.07) is 7.58. The third-order valence-electron chi connectivity index (χ3n) is 4.94. The highest BCUT2D eigenvalue weighted by molar-refractivity contribution is 5.24. The number of unbranched alkanes of at least 4 members (excludes halogenated alkanes) is 1. The van der Waals surface area contributed by atoms with E-state index in [9.17, 15) is 13.2 Å². The normalized spacial score (nSPS) is 21.8. The third-order valence-corrected chi connectivity index (χ3v) is 4.94. The summed E-state index contributed by atoms with van der Waals surface area (Å²) in [5, 5.41) is 8.55. The largest absolute Gasteiger partial charge is 0.416 e. The molecule has 2 rings (SSSR count). The average Bonchev–Trinajstić information content (AvgIpc) is 2.57. The molecule has 1 nitrogen and oxygen atoms in total. The number of nitrogens with zero attached hydrogens (tertiary/aromatic N) is 1. The van der Waals surface area contributed by atoms with Crippen LogP contribution in [0, 0.1) is 23.2 Å². The Kier molecular flexibility index (Phi) is 6.90. The van der Waals surface area contributed by atoms with Crippen LogP contribution >= 0.6 is 0 Å². The first-order valence-electron chi connectivity index (χ1n) is 8.71. The Morgan fingerprint density at radius 3 is 2.29 bits per heavy atom. The molecule has 0 aromatic heterocycles. The van der Waals surface area contributed by atoms with Crippen LogP contribution in [0.3, 0.4) is 0 Å². The minimum absolute atomic E-state index is 0.563. The fourth-order valence-electron chi connectivity index (χ4n) is 3.47. The van der Waals surface area contributed by atoms with E-state index < -0.39 is 11.7 Å². The van der Waals surface area contributed by atoms with Crippen LogP contribution in [0.1, 0.15) is 56.1 Å². The highest BCUT2D eigenvalue weighted by atomic mass is 19.4. The summed E-state index contributed by atoms with van der Waals surface area (Å²) in [6.07, 6.45) is 8.36. The van der Waals surface area contributed by atoms with Gasteiger partial charge in [0, 0.05) is 6.08 Å². The zero-order valence-electron chi connectivity index (χ0n) is 13.9. The summed E-state index contributed by atoms with van der Waals surface area (Å²) in [5.41, 5.74) is 0.404. The molecule has 1 fully saturated rings. The van der Waals surface area contributed by atoms with Crippen molar-refractivity contribution in [2.45, 2.75) is 57.5 Å². The van der Waals surface area contributed by atoms with Gasteiger partial charge in [0.2, 0.25) is 0 Å². The molecule has 130 valence electrons. The number of hydrogen-bond donors (Lipinski definition) is 0. The monoisotopic (exact) mass is 335 g/mol. The Morgan fingerprint density at radius 1 is 1.04 bits per heavy atom. The molecule has 0 radical (unpaired) electrons. The molecule has 1 aromatic rings. The van der Waals surface area contributed by atoms with Gasteiger partial charge in [-0.3, -0.25) is 0 Å². The Balaban J connectivity index is 1.64. The maximum absolute atomic E-state index is 12.5. The lowest BCUT2D eigenvalue weighted by Crippen LogP contribution is -2.13. The highest BCUT2D eigenvalue weighted by Gasteiger charge is 2.29. The van der Waals surface area contributed by atoms with Gasteiger partial charge in [-0.2, -0.15) is 18.4 Å². The topological polar surface area (TPSA) is 23.8 Å². The molecule has 24 heavy (non-hydrogen) atoms. The van der Waals surface area contributed by atoms with E-state index in [-0.39, 0.29) is 0 Å². The quantitative estimate of drug-likeness (QED) is 0.442. The maximum Gasteiger partial charge on any atom is 0.416 e. The molecule has 0 amide bonds. The molecule has 0 saturated heterocycles. The first-order valence-corrected chi connectivity index (χ1v) is 8.71. The van der Waals surface area contributed by atoms with E-state index in [1.807, 2.05) is 6.08 Å². The first kappa shape index (κ1) is 18.6. The number of halogens is 3. The van der Waals surface area contributed by atoms with Crippen LogP contribution in [0.4, 0.5) is 13.2 Å².